The first-order chi connectivity index (χ1) is 10.1. The van der Waals surface area contributed by atoms with Crippen LogP contribution in [0, 0.1) is 11.6 Å². The molecule has 21 heavy (non-hydrogen) atoms. The maximum absolute atomic E-state index is 13.3. The Morgan fingerprint density at radius 3 is 2.67 bits per heavy atom. The number of hydrogen-bond acceptors (Lipinski definition) is 4. The van der Waals surface area contributed by atoms with Crippen molar-refractivity contribution in [1.82, 2.24) is 0 Å². The van der Waals surface area contributed by atoms with E-state index in [1.54, 1.807) is 24.3 Å². The van der Waals surface area contributed by atoms with Crippen molar-refractivity contribution in [3.05, 3.63) is 59.7 Å². The number of anilines is 1. The summed E-state index contributed by atoms with van der Waals surface area (Å²) in [6, 6.07) is 9.60. The van der Waals surface area contributed by atoms with Gasteiger partial charge in [0.2, 0.25) is 0 Å². The molecule has 0 saturated carbocycles. The molecule has 0 radical (unpaired) electrons. The van der Waals surface area contributed by atoms with Crippen LogP contribution in [0.15, 0.2) is 42.5 Å². The van der Waals surface area contributed by atoms with Crippen molar-refractivity contribution in [1.29, 1.82) is 0 Å². The molecule has 0 spiro atoms. The van der Waals surface area contributed by atoms with Gasteiger partial charge in [-0.15, -0.1) is 0 Å². The van der Waals surface area contributed by atoms with Crippen molar-refractivity contribution in [2.45, 2.75) is 6.61 Å². The van der Waals surface area contributed by atoms with Gasteiger partial charge in [-0.1, -0.05) is 12.1 Å². The fourth-order valence-electron chi connectivity index (χ4n) is 1.60. The summed E-state index contributed by atoms with van der Waals surface area (Å²) in [6.45, 7) is -0.735. The van der Waals surface area contributed by atoms with E-state index in [1.165, 1.54) is 0 Å². The molecule has 0 unspecified atom stereocenters. The fraction of sp³-hybridized carbons (Fsp3) is 0.133. The van der Waals surface area contributed by atoms with E-state index in [4.69, 9.17) is 15.2 Å². The van der Waals surface area contributed by atoms with Crippen LogP contribution in [0.4, 0.5) is 14.5 Å². The average Bonchev–Trinajstić information content (AvgIpc) is 2.47. The number of ether oxygens (including phenoxy) is 2. The summed E-state index contributed by atoms with van der Waals surface area (Å²) in [7, 11) is 0. The van der Waals surface area contributed by atoms with Gasteiger partial charge in [-0.2, -0.15) is 0 Å². The number of carbonyl (C=O) groups is 1. The molecule has 0 aliphatic heterocycles. The van der Waals surface area contributed by atoms with E-state index in [0.29, 0.717) is 11.4 Å². The minimum absolute atomic E-state index is 0.0393. The second-order valence-corrected chi connectivity index (χ2v) is 4.22. The Hall–Kier alpha value is -2.63. The Morgan fingerprint density at radius 2 is 1.90 bits per heavy atom. The number of esters is 1. The van der Waals surface area contributed by atoms with E-state index in [9.17, 15) is 13.6 Å². The molecule has 2 aromatic rings. The van der Waals surface area contributed by atoms with Gasteiger partial charge in [-0.05, 0) is 30.3 Å². The van der Waals surface area contributed by atoms with Crippen LogP contribution in [0.3, 0.4) is 0 Å². The molecule has 0 heterocycles. The molecule has 2 N–H and O–H groups in total. The van der Waals surface area contributed by atoms with E-state index < -0.39 is 17.6 Å². The number of carbonyl (C=O) groups excluding carboxylic acids is 1. The van der Waals surface area contributed by atoms with Crippen molar-refractivity contribution in [3.8, 4) is 5.75 Å². The summed E-state index contributed by atoms with van der Waals surface area (Å²) in [4.78, 5) is 11.5. The number of hydrogen-bond donors (Lipinski definition) is 1. The van der Waals surface area contributed by atoms with Crippen molar-refractivity contribution < 1.29 is 23.0 Å². The zero-order chi connectivity index (χ0) is 15.2. The number of para-hydroxylation sites is 2. The molecule has 2 aromatic carbocycles. The SMILES string of the molecule is Nc1ccccc1OCC(=O)OCc1cc(F)ccc1F. The van der Waals surface area contributed by atoms with Gasteiger partial charge in [0, 0.05) is 5.56 Å². The Labute approximate surface area is 120 Å². The summed E-state index contributed by atoms with van der Waals surface area (Å²) < 4.78 is 36.2. The maximum atomic E-state index is 13.3. The Morgan fingerprint density at radius 1 is 1.14 bits per heavy atom. The van der Waals surface area contributed by atoms with Crippen LogP contribution in [0.2, 0.25) is 0 Å². The summed E-state index contributed by atoms with van der Waals surface area (Å²) in [5, 5.41) is 0. The van der Waals surface area contributed by atoms with Gasteiger partial charge in [0.05, 0.1) is 5.69 Å². The molecular weight excluding hydrogens is 280 g/mol. The molecule has 0 fully saturated rings. The minimum Gasteiger partial charge on any atom is -0.480 e. The van der Waals surface area contributed by atoms with Gasteiger partial charge >= 0.3 is 5.97 Å². The zero-order valence-electron chi connectivity index (χ0n) is 11.0. The van der Waals surface area contributed by atoms with Crippen LogP contribution in [-0.4, -0.2) is 12.6 Å². The summed E-state index contributed by atoms with van der Waals surface area (Å²) >= 11 is 0. The first-order valence-electron chi connectivity index (χ1n) is 6.13. The van der Waals surface area contributed by atoms with E-state index in [0.717, 1.165) is 18.2 Å². The maximum Gasteiger partial charge on any atom is 0.344 e. The smallest absolute Gasteiger partial charge is 0.344 e. The molecule has 0 atom stereocenters. The number of nitrogen functional groups attached to an aromatic ring is 1. The van der Waals surface area contributed by atoms with Gasteiger partial charge in [0.15, 0.2) is 6.61 Å². The van der Waals surface area contributed by atoms with E-state index >= 15 is 0 Å². The molecule has 0 aromatic heterocycles. The lowest BCUT2D eigenvalue weighted by atomic mass is 10.2. The van der Waals surface area contributed by atoms with Crippen LogP contribution in [0.5, 0.6) is 5.75 Å². The third-order valence-corrected chi connectivity index (χ3v) is 2.66. The molecule has 4 nitrogen and oxygen atoms in total. The first kappa shape index (κ1) is 14.8. The highest BCUT2D eigenvalue weighted by atomic mass is 19.1. The fourth-order valence-corrected chi connectivity index (χ4v) is 1.60. The van der Waals surface area contributed by atoms with Crippen molar-refractivity contribution in [2.24, 2.45) is 0 Å². The van der Waals surface area contributed by atoms with E-state index in [-0.39, 0.29) is 18.8 Å². The third-order valence-electron chi connectivity index (χ3n) is 2.66. The number of halogens is 2. The molecule has 0 saturated heterocycles. The lowest BCUT2D eigenvalue weighted by molar-refractivity contribution is -0.147. The lowest BCUT2D eigenvalue weighted by Crippen LogP contribution is -2.15. The molecular formula is C15H13F2NO3. The predicted molar refractivity (Wildman–Crippen MR) is 72.5 cm³/mol. The van der Waals surface area contributed by atoms with Crippen LogP contribution in [0.1, 0.15) is 5.56 Å². The second kappa shape index (κ2) is 6.69. The normalized spacial score (nSPS) is 10.2. The topological polar surface area (TPSA) is 61.5 Å². The van der Waals surface area contributed by atoms with Gasteiger partial charge in [-0.3, -0.25) is 0 Å². The van der Waals surface area contributed by atoms with Gasteiger partial charge < -0.3 is 15.2 Å². The highest BCUT2D eigenvalue weighted by Crippen LogP contribution is 2.19. The van der Waals surface area contributed by atoms with Crippen LogP contribution < -0.4 is 10.5 Å². The average molecular weight is 293 g/mol. The number of rotatable bonds is 5. The van der Waals surface area contributed by atoms with Crippen LogP contribution >= 0.6 is 0 Å². The Balaban J connectivity index is 1.85. The number of benzene rings is 2. The molecule has 0 aliphatic carbocycles. The van der Waals surface area contributed by atoms with Crippen molar-refractivity contribution in [2.75, 3.05) is 12.3 Å². The molecule has 0 amide bonds. The van der Waals surface area contributed by atoms with E-state index in [1.807, 2.05) is 0 Å². The minimum atomic E-state index is -0.707. The molecule has 2 rings (SSSR count). The highest BCUT2D eigenvalue weighted by Gasteiger charge is 2.09. The monoisotopic (exact) mass is 293 g/mol. The largest absolute Gasteiger partial charge is 0.480 e. The lowest BCUT2D eigenvalue weighted by Gasteiger charge is -2.09. The standard InChI is InChI=1S/C15H13F2NO3/c16-11-5-6-12(17)10(7-11)8-21-15(19)9-20-14-4-2-1-3-13(14)18/h1-7H,8-9,18H2. The molecule has 0 aliphatic rings. The van der Waals surface area contributed by atoms with Crippen molar-refractivity contribution in [3.63, 3.8) is 0 Å². The molecule has 0 bridgehead atoms. The Kier molecular flexibility index (Phi) is 4.71. The summed E-state index contributed by atoms with van der Waals surface area (Å²) in [6.07, 6.45) is 0. The quantitative estimate of drug-likeness (QED) is 0.680. The Bertz CT molecular complexity index is 647. The van der Waals surface area contributed by atoms with Crippen LogP contribution in [0.25, 0.3) is 0 Å². The second-order valence-electron chi connectivity index (χ2n) is 4.22. The third kappa shape index (κ3) is 4.17. The zero-order valence-corrected chi connectivity index (χ0v) is 11.0. The van der Waals surface area contributed by atoms with Gasteiger partial charge in [0.1, 0.15) is 24.0 Å². The molecule has 110 valence electrons. The first-order valence-corrected chi connectivity index (χ1v) is 6.13. The van der Waals surface area contributed by atoms with E-state index in [2.05, 4.69) is 0 Å². The number of nitrogens with two attached hydrogens (primary N) is 1. The highest BCUT2D eigenvalue weighted by molar-refractivity contribution is 5.71. The van der Waals surface area contributed by atoms with Crippen molar-refractivity contribution >= 4 is 11.7 Å². The summed E-state index contributed by atoms with van der Waals surface area (Å²) in [5.41, 5.74) is 5.99. The van der Waals surface area contributed by atoms with Gasteiger partial charge in [-0.25, -0.2) is 13.6 Å². The summed E-state index contributed by atoms with van der Waals surface area (Å²) in [5.74, 6) is -1.60. The van der Waals surface area contributed by atoms with Crippen LogP contribution in [-0.2, 0) is 16.1 Å². The van der Waals surface area contributed by atoms with Gasteiger partial charge in [0.25, 0.3) is 0 Å². The predicted octanol–water partition coefficient (Wildman–Crippen LogP) is 2.67. The molecule has 6 heteroatoms.